The van der Waals surface area contributed by atoms with Gasteiger partial charge >= 0.3 is 0 Å². The van der Waals surface area contributed by atoms with Crippen LogP contribution in [0, 0.1) is 0 Å². The molecule has 58 valence electrons. The van der Waals surface area contributed by atoms with Gasteiger partial charge in [0.25, 0.3) is 0 Å². The zero-order valence-corrected chi connectivity index (χ0v) is 8.53. The van der Waals surface area contributed by atoms with Crippen molar-refractivity contribution in [3.8, 4) is 0 Å². The van der Waals surface area contributed by atoms with Gasteiger partial charge in [0.05, 0.1) is 0 Å². The Bertz CT molecular complexity index is 279. The van der Waals surface area contributed by atoms with Crippen LogP contribution in [-0.4, -0.2) is 0 Å². The molecular weight excluding hydrogens is 220 g/mol. The maximum Gasteiger partial charge on any atom is 0.0178 e. The monoisotopic (exact) mass is 228 g/mol. The van der Waals surface area contributed by atoms with Gasteiger partial charge < -0.3 is 0 Å². The zero-order chi connectivity index (χ0) is 7.84. The summed E-state index contributed by atoms with van der Waals surface area (Å²) in [6, 6.07) is 6.27. The van der Waals surface area contributed by atoms with Gasteiger partial charge in [-0.2, -0.15) is 0 Å². The first-order valence-corrected chi connectivity index (χ1v) is 5.00. The molecule has 1 fully saturated rings. The van der Waals surface area contributed by atoms with Gasteiger partial charge in [-0.05, 0) is 42.5 Å². The first-order valence-electron chi connectivity index (χ1n) is 3.76. The molecule has 0 heterocycles. The molecule has 0 aromatic heterocycles. The van der Waals surface area contributed by atoms with Crippen molar-refractivity contribution in [1.29, 1.82) is 0 Å². The van der Waals surface area contributed by atoms with Crippen LogP contribution in [-0.2, 0) is 0 Å². The highest BCUT2D eigenvalue weighted by molar-refractivity contribution is 9.10. The van der Waals surface area contributed by atoms with Gasteiger partial charge in [0, 0.05) is 9.37 Å². The molecule has 1 aromatic rings. The van der Waals surface area contributed by atoms with E-state index in [1.54, 1.807) is 0 Å². The molecule has 1 aliphatic rings. The number of benzene rings is 1. The molecule has 0 bridgehead atoms. The molecule has 11 heavy (non-hydrogen) atoms. The van der Waals surface area contributed by atoms with Crippen molar-refractivity contribution < 1.29 is 0 Å². The highest BCUT2D eigenvalue weighted by Gasteiger charge is 2.25. The minimum absolute atomic E-state index is 0.792. The largest absolute Gasteiger partial charge is 0.143 e. The van der Waals surface area contributed by atoms with E-state index in [1.165, 1.54) is 18.4 Å². The smallest absolute Gasteiger partial charge is 0.0178 e. The standard InChI is InChI=1S/C9H9BrS/c10-7-3-4-9(11)8(5-7)6-1-2-6/h3-6,11H,1-2H2. The van der Waals surface area contributed by atoms with Gasteiger partial charge in [0.1, 0.15) is 0 Å². The van der Waals surface area contributed by atoms with E-state index in [1.807, 2.05) is 6.07 Å². The van der Waals surface area contributed by atoms with Crippen LogP contribution in [0.3, 0.4) is 0 Å². The van der Waals surface area contributed by atoms with E-state index < -0.39 is 0 Å². The molecule has 0 saturated heterocycles. The van der Waals surface area contributed by atoms with E-state index in [2.05, 4.69) is 40.7 Å². The van der Waals surface area contributed by atoms with Crippen molar-refractivity contribution in [1.82, 2.24) is 0 Å². The van der Waals surface area contributed by atoms with Crippen LogP contribution in [0.1, 0.15) is 24.3 Å². The number of rotatable bonds is 1. The Kier molecular flexibility index (Phi) is 1.98. The third-order valence-corrected chi connectivity index (χ3v) is 2.91. The van der Waals surface area contributed by atoms with E-state index in [9.17, 15) is 0 Å². The Hall–Kier alpha value is 0.0500. The van der Waals surface area contributed by atoms with Crippen LogP contribution in [0.4, 0.5) is 0 Å². The van der Waals surface area contributed by atoms with Crippen LogP contribution in [0.2, 0.25) is 0 Å². The third-order valence-electron chi connectivity index (χ3n) is 2.01. The summed E-state index contributed by atoms with van der Waals surface area (Å²) in [5.41, 5.74) is 1.41. The van der Waals surface area contributed by atoms with E-state index in [4.69, 9.17) is 0 Å². The Morgan fingerprint density at radius 1 is 1.36 bits per heavy atom. The van der Waals surface area contributed by atoms with Crippen LogP contribution in [0.5, 0.6) is 0 Å². The lowest BCUT2D eigenvalue weighted by molar-refractivity contribution is 1.07. The Morgan fingerprint density at radius 3 is 2.73 bits per heavy atom. The molecule has 2 rings (SSSR count). The lowest BCUT2D eigenvalue weighted by Crippen LogP contribution is -1.81. The van der Waals surface area contributed by atoms with Gasteiger partial charge in [0.15, 0.2) is 0 Å². The average molecular weight is 229 g/mol. The number of hydrogen-bond acceptors (Lipinski definition) is 1. The predicted octanol–water partition coefficient (Wildman–Crippen LogP) is 3.62. The van der Waals surface area contributed by atoms with Crippen molar-refractivity contribution in [3.05, 3.63) is 28.2 Å². The highest BCUT2D eigenvalue weighted by atomic mass is 79.9. The fraction of sp³-hybridized carbons (Fsp3) is 0.333. The lowest BCUT2D eigenvalue weighted by Gasteiger charge is -2.02. The molecule has 0 aliphatic heterocycles. The molecular formula is C9H9BrS. The Labute approximate surface area is 80.5 Å². The second-order valence-corrected chi connectivity index (χ2v) is 4.37. The van der Waals surface area contributed by atoms with Gasteiger partial charge in [0.2, 0.25) is 0 Å². The van der Waals surface area contributed by atoms with Crippen molar-refractivity contribution >= 4 is 28.6 Å². The second-order valence-electron chi connectivity index (χ2n) is 2.98. The number of halogens is 1. The lowest BCUT2D eigenvalue weighted by atomic mass is 10.1. The quantitative estimate of drug-likeness (QED) is 0.698. The second kappa shape index (κ2) is 2.83. The SMILES string of the molecule is Sc1ccc(Br)cc1C1CC1. The Balaban J connectivity index is 2.42. The molecule has 0 unspecified atom stereocenters. The third kappa shape index (κ3) is 1.62. The van der Waals surface area contributed by atoms with Gasteiger partial charge in [-0.15, -0.1) is 12.6 Å². The highest BCUT2D eigenvalue weighted by Crippen LogP contribution is 2.43. The summed E-state index contributed by atoms with van der Waals surface area (Å²) in [5.74, 6) is 0.792. The molecule has 1 saturated carbocycles. The van der Waals surface area contributed by atoms with E-state index in [0.29, 0.717) is 0 Å². The molecule has 0 nitrogen and oxygen atoms in total. The first kappa shape index (κ1) is 7.69. The molecule has 1 aliphatic carbocycles. The predicted molar refractivity (Wildman–Crippen MR) is 53.4 cm³/mol. The normalized spacial score (nSPS) is 16.9. The van der Waals surface area contributed by atoms with Gasteiger partial charge in [-0.1, -0.05) is 15.9 Å². The molecule has 0 N–H and O–H groups in total. The molecule has 0 amide bonds. The zero-order valence-electron chi connectivity index (χ0n) is 6.05. The summed E-state index contributed by atoms with van der Waals surface area (Å²) in [6.45, 7) is 0. The van der Waals surface area contributed by atoms with Crippen molar-refractivity contribution in [2.75, 3.05) is 0 Å². The first-order chi connectivity index (χ1) is 5.27. The fourth-order valence-electron chi connectivity index (χ4n) is 1.25. The number of thiol groups is 1. The summed E-state index contributed by atoms with van der Waals surface area (Å²) in [7, 11) is 0. The van der Waals surface area contributed by atoms with Crippen LogP contribution < -0.4 is 0 Å². The maximum absolute atomic E-state index is 4.40. The molecule has 1 aromatic carbocycles. The van der Waals surface area contributed by atoms with Crippen molar-refractivity contribution in [3.63, 3.8) is 0 Å². The minimum Gasteiger partial charge on any atom is -0.143 e. The van der Waals surface area contributed by atoms with E-state index in [-0.39, 0.29) is 0 Å². The fourth-order valence-corrected chi connectivity index (χ4v) is 1.95. The molecule has 0 radical (unpaired) electrons. The summed E-state index contributed by atoms with van der Waals surface area (Å²) in [5, 5.41) is 0. The van der Waals surface area contributed by atoms with Gasteiger partial charge in [-0.25, -0.2) is 0 Å². The van der Waals surface area contributed by atoms with Gasteiger partial charge in [-0.3, -0.25) is 0 Å². The van der Waals surface area contributed by atoms with Crippen molar-refractivity contribution in [2.45, 2.75) is 23.7 Å². The molecule has 2 heteroatoms. The number of hydrogen-bond donors (Lipinski definition) is 1. The molecule has 0 atom stereocenters. The van der Waals surface area contributed by atoms with Crippen LogP contribution >= 0.6 is 28.6 Å². The van der Waals surface area contributed by atoms with Crippen LogP contribution in [0.25, 0.3) is 0 Å². The summed E-state index contributed by atoms with van der Waals surface area (Å²) >= 11 is 7.86. The average Bonchev–Trinajstić information content (AvgIpc) is 2.76. The summed E-state index contributed by atoms with van der Waals surface area (Å²) in [4.78, 5) is 1.13. The summed E-state index contributed by atoms with van der Waals surface area (Å²) in [6.07, 6.45) is 2.67. The van der Waals surface area contributed by atoms with E-state index in [0.717, 1.165) is 15.3 Å². The van der Waals surface area contributed by atoms with Crippen molar-refractivity contribution in [2.24, 2.45) is 0 Å². The van der Waals surface area contributed by atoms with Crippen LogP contribution in [0.15, 0.2) is 27.6 Å². The molecule has 0 spiro atoms. The minimum atomic E-state index is 0.792. The van der Waals surface area contributed by atoms with E-state index >= 15 is 0 Å². The Morgan fingerprint density at radius 2 is 2.09 bits per heavy atom. The maximum atomic E-state index is 4.40. The topological polar surface area (TPSA) is 0 Å². The summed E-state index contributed by atoms with van der Waals surface area (Å²) < 4.78 is 1.16.